The van der Waals surface area contributed by atoms with Gasteiger partial charge < -0.3 is 10.2 Å². The van der Waals surface area contributed by atoms with Crippen molar-refractivity contribution in [3.63, 3.8) is 0 Å². The van der Waals surface area contributed by atoms with E-state index in [9.17, 15) is 9.59 Å². The Morgan fingerprint density at radius 2 is 1.91 bits per heavy atom. The van der Waals surface area contributed by atoms with Crippen LogP contribution in [0.4, 0.5) is 4.79 Å². The summed E-state index contributed by atoms with van der Waals surface area (Å²) in [6.07, 6.45) is 2.47. The minimum atomic E-state index is -0.736. The summed E-state index contributed by atoms with van der Waals surface area (Å²) < 4.78 is 0. The standard InChI is InChI=1S/C16H26N4O2/c1-12(2)4-7-19-8-5-16(6-9-19)14(21)20(15(22)18-16)11-13(3)10-17/h12-13H,4-9,11H2,1-3H3,(H,18,22). The fourth-order valence-electron chi connectivity index (χ4n) is 3.09. The van der Waals surface area contributed by atoms with Gasteiger partial charge in [0, 0.05) is 19.6 Å². The van der Waals surface area contributed by atoms with E-state index in [1.165, 1.54) is 4.90 Å². The Morgan fingerprint density at radius 3 is 2.45 bits per heavy atom. The Morgan fingerprint density at radius 1 is 1.27 bits per heavy atom. The lowest BCUT2D eigenvalue weighted by Crippen LogP contribution is -2.55. The minimum absolute atomic E-state index is 0.150. The molecule has 2 aliphatic heterocycles. The third-order valence-electron chi connectivity index (χ3n) is 4.66. The van der Waals surface area contributed by atoms with Crippen molar-refractivity contribution >= 4 is 11.9 Å². The van der Waals surface area contributed by atoms with Gasteiger partial charge in [0.25, 0.3) is 5.91 Å². The smallest absolute Gasteiger partial charge is 0.323 e. The first kappa shape index (κ1) is 16.8. The molecule has 0 aliphatic carbocycles. The number of hydrogen-bond donors (Lipinski definition) is 1. The molecule has 0 saturated carbocycles. The fourth-order valence-corrected chi connectivity index (χ4v) is 3.09. The molecule has 1 atom stereocenters. The van der Waals surface area contributed by atoms with Crippen molar-refractivity contribution in [1.82, 2.24) is 15.1 Å². The van der Waals surface area contributed by atoms with Gasteiger partial charge in [-0.3, -0.25) is 9.69 Å². The van der Waals surface area contributed by atoms with Gasteiger partial charge >= 0.3 is 6.03 Å². The van der Waals surface area contributed by atoms with Crippen LogP contribution in [0, 0.1) is 23.2 Å². The van der Waals surface area contributed by atoms with Crippen LogP contribution in [0.25, 0.3) is 0 Å². The summed E-state index contributed by atoms with van der Waals surface area (Å²) in [5.41, 5.74) is -0.736. The number of imide groups is 1. The third-order valence-corrected chi connectivity index (χ3v) is 4.66. The number of hydrogen-bond acceptors (Lipinski definition) is 4. The molecular formula is C16H26N4O2. The highest BCUT2D eigenvalue weighted by molar-refractivity contribution is 6.07. The van der Waals surface area contributed by atoms with E-state index in [4.69, 9.17) is 5.26 Å². The summed E-state index contributed by atoms with van der Waals surface area (Å²) in [7, 11) is 0. The summed E-state index contributed by atoms with van der Waals surface area (Å²) in [4.78, 5) is 28.3. The fraction of sp³-hybridized carbons (Fsp3) is 0.812. The number of carbonyl (C=O) groups is 2. The van der Waals surface area contributed by atoms with E-state index in [1.807, 2.05) is 0 Å². The maximum Gasteiger partial charge on any atom is 0.325 e. The zero-order valence-corrected chi connectivity index (χ0v) is 13.8. The van der Waals surface area contributed by atoms with Crippen LogP contribution in [0.5, 0.6) is 0 Å². The van der Waals surface area contributed by atoms with Gasteiger partial charge in [-0.25, -0.2) is 4.79 Å². The number of carbonyl (C=O) groups excluding carboxylic acids is 2. The average Bonchev–Trinajstić information content (AvgIpc) is 2.71. The predicted octanol–water partition coefficient (Wildman–Crippen LogP) is 1.58. The number of likely N-dealkylation sites (tertiary alicyclic amines) is 1. The SMILES string of the molecule is CC(C)CCN1CCC2(CC1)NC(=O)N(CC(C)C#N)C2=O. The van der Waals surface area contributed by atoms with Crippen LogP contribution in [-0.2, 0) is 4.79 Å². The number of nitrogens with zero attached hydrogens (tertiary/aromatic N) is 3. The highest BCUT2D eigenvalue weighted by Crippen LogP contribution is 2.30. The predicted molar refractivity (Wildman–Crippen MR) is 82.9 cm³/mol. The van der Waals surface area contributed by atoms with Crippen LogP contribution >= 0.6 is 0 Å². The molecule has 0 bridgehead atoms. The van der Waals surface area contributed by atoms with Gasteiger partial charge in [-0.1, -0.05) is 13.8 Å². The van der Waals surface area contributed by atoms with Gasteiger partial charge in [0.05, 0.1) is 12.0 Å². The summed E-state index contributed by atoms with van der Waals surface area (Å²) in [5.74, 6) is 0.186. The second-order valence-electron chi connectivity index (χ2n) is 6.98. The lowest BCUT2D eigenvalue weighted by Gasteiger charge is -2.37. The third kappa shape index (κ3) is 3.41. The highest BCUT2D eigenvalue weighted by atomic mass is 16.2. The molecule has 0 aromatic carbocycles. The molecule has 22 heavy (non-hydrogen) atoms. The topological polar surface area (TPSA) is 76.4 Å². The molecule has 2 aliphatic rings. The quantitative estimate of drug-likeness (QED) is 0.782. The van der Waals surface area contributed by atoms with Crippen LogP contribution in [0.1, 0.15) is 40.0 Å². The van der Waals surface area contributed by atoms with Crippen molar-refractivity contribution in [3.8, 4) is 6.07 Å². The van der Waals surface area contributed by atoms with E-state index in [0.717, 1.165) is 26.1 Å². The molecule has 1 spiro atoms. The summed E-state index contributed by atoms with van der Waals surface area (Å²) >= 11 is 0. The molecule has 2 heterocycles. The molecule has 0 aromatic rings. The van der Waals surface area contributed by atoms with Gasteiger partial charge in [-0.05, 0) is 38.6 Å². The molecular weight excluding hydrogens is 280 g/mol. The van der Waals surface area contributed by atoms with E-state index >= 15 is 0 Å². The van der Waals surface area contributed by atoms with E-state index < -0.39 is 5.54 Å². The van der Waals surface area contributed by atoms with Gasteiger partial charge in [0.15, 0.2) is 0 Å². The van der Waals surface area contributed by atoms with E-state index in [-0.39, 0.29) is 24.4 Å². The molecule has 2 rings (SSSR count). The Balaban J connectivity index is 1.95. The number of rotatable bonds is 5. The molecule has 6 nitrogen and oxygen atoms in total. The zero-order chi connectivity index (χ0) is 16.3. The molecule has 0 radical (unpaired) electrons. The van der Waals surface area contributed by atoms with Crippen molar-refractivity contribution < 1.29 is 9.59 Å². The van der Waals surface area contributed by atoms with E-state index in [0.29, 0.717) is 18.8 Å². The number of nitriles is 1. The van der Waals surface area contributed by atoms with E-state index in [1.54, 1.807) is 6.92 Å². The van der Waals surface area contributed by atoms with E-state index in [2.05, 4.69) is 30.1 Å². The van der Waals surface area contributed by atoms with Crippen molar-refractivity contribution in [2.45, 2.75) is 45.6 Å². The summed E-state index contributed by atoms with van der Waals surface area (Å²) in [6.45, 7) is 9.03. The second kappa shape index (κ2) is 6.66. The van der Waals surface area contributed by atoms with Crippen molar-refractivity contribution in [3.05, 3.63) is 0 Å². The Labute approximate surface area is 132 Å². The largest absolute Gasteiger partial charge is 0.325 e. The van der Waals surface area contributed by atoms with Gasteiger partial charge in [0.2, 0.25) is 0 Å². The van der Waals surface area contributed by atoms with Gasteiger partial charge in [-0.15, -0.1) is 0 Å². The lowest BCUT2D eigenvalue weighted by molar-refractivity contribution is -0.133. The molecule has 6 heteroatoms. The van der Waals surface area contributed by atoms with Gasteiger partial charge in [0.1, 0.15) is 5.54 Å². The monoisotopic (exact) mass is 306 g/mol. The van der Waals surface area contributed by atoms with Crippen LogP contribution < -0.4 is 5.32 Å². The normalized spacial score (nSPS) is 23.0. The van der Waals surface area contributed by atoms with Crippen LogP contribution in [0.15, 0.2) is 0 Å². The molecule has 2 saturated heterocycles. The first-order valence-corrected chi connectivity index (χ1v) is 8.14. The first-order valence-electron chi connectivity index (χ1n) is 8.14. The van der Waals surface area contributed by atoms with Crippen molar-refractivity contribution in [2.24, 2.45) is 11.8 Å². The molecule has 3 amide bonds. The molecule has 2 fully saturated rings. The Hall–Kier alpha value is -1.61. The Kier molecular flexibility index (Phi) is 5.07. The summed E-state index contributed by atoms with van der Waals surface area (Å²) in [5, 5.41) is 11.8. The van der Waals surface area contributed by atoms with Crippen LogP contribution in [0.2, 0.25) is 0 Å². The zero-order valence-electron chi connectivity index (χ0n) is 13.8. The molecule has 122 valence electrons. The van der Waals surface area contributed by atoms with Crippen molar-refractivity contribution in [2.75, 3.05) is 26.2 Å². The van der Waals surface area contributed by atoms with Crippen LogP contribution in [0.3, 0.4) is 0 Å². The van der Waals surface area contributed by atoms with Gasteiger partial charge in [-0.2, -0.15) is 5.26 Å². The molecule has 1 N–H and O–H groups in total. The maximum atomic E-state index is 12.6. The highest BCUT2D eigenvalue weighted by Gasteiger charge is 2.52. The van der Waals surface area contributed by atoms with Crippen LogP contribution in [-0.4, -0.2) is 53.5 Å². The van der Waals surface area contributed by atoms with Crippen molar-refractivity contribution in [1.29, 1.82) is 5.26 Å². The number of amides is 3. The summed E-state index contributed by atoms with van der Waals surface area (Å²) in [6, 6.07) is 1.73. The number of urea groups is 1. The number of piperidine rings is 1. The average molecular weight is 306 g/mol. The first-order chi connectivity index (χ1) is 10.4. The molecule has 0 aromatic heterocycles. The lowest BCUT2D eigenvalue weighted by atomic mass is 9.87. The Bertz CT molecular complexity index is 475. The molecule has 1 unspecified atom stereocenters. The second-order valence-corrected chi connectivity index (χ2v) is 6.98. The minimum Gasteiger partial charge on any atom is -0.323 e. The number of nitrogens with one attached hydrogen (secondary N) is 1. The maximum absolute atomic E-state index is 12.6.